The molecule has 0 radical (unpaired) electrons. The van der Waals surface area contributed by atoms with Gasteiger partial charge < -0.3 is 4.74 Å². The molecule has 0 aliphatic carbocycles. The maximum atomic E-state index is 13.7. The van der Waals surface area contributed by atoms with Crippen LogP contribution in [0.5, 0.6) is 11.5 Å². The van der Waals surface area contributed by atoms with Crippen molar-refractivity contribution in [2.24, 2.45) is 0 Å². The van der Waals surface area contributed by atoms with Crippen LogP contribution in [-0.2, 0) is 0 Å². The first-order valence-corrected chi connectivity index (χ1v) is 6.22. The fourth-order valence-corrected chi connectivity index (χ4v) is 2.02. The van der Waals surface area contributed by atoms with Crippen molar-refractivity contribution in [2.45, 2.75) is 0 Å². The minimum absolute atomic E-state index is 0.0908. The second-order valence-corrected chi connectivity index (χ2v) is 4.80. The molecule has 106 valence electrons. The molecule has 2 aromatic carbocycles. The zero-order valence-electron chi connectivity index (χ0n) is 10.1. The second kappa shape index (κ2) is 5.85. The molecule has 21 heavy (non-hydrogen) atoms. The van der Waals surface area contributed by atoms with Gasteiger partial charge in [0.1, 0.15) is 5.75 Å². The highest BCUT2D eigenvalue weighted by atomic mass is 79.9. The minimum Gasteiger partial charge on any atom is -0.454 e. The Balaban J connectivity index is 2.41. The van der Waals surface area contributed by atoms with Crippen molar-refractivity contribution < 1.29 is 18.4 Å². The third-order valence-corrected chi connectivity index (χ3v) is 2.88. The molecule has 0 aromatic heterocycles. The predicted molar refractivity (Wildman–Crippen MR) is 71.9 cm³/mol. The van der Waals surface area contributed by atoms with E-state index < -0.39 is 28.0 Å². The third-order valence-electron chi connectivity index (χ3n) is 2.43. The topological polar surface area (TPSA) is 76.2 Å². The van der Waals surface area contributed by atoms with E-state index in [1.165, 1.54) is 18.2 Å². The van der Waals surface area contributed by atoms with Gasteiger partial charge in [0.15, 0.2) is 11.6 Å². The first-order valence-electron chi connectivity index (χ1n) is 5.42. The van der Waals surface area contributed by atoms with Crippen LogP contribution in [0.4, 0.5) is 14.5 Å². The van der Waals surface area contributed by atoms with E-state index in [-0.39, 0.29) is 11.3 Å². The number of hydrogen-bond acceptors (Lipinski definition) is 4. The van der Waals surface area contributed by atoms with E-state index in [1.807, 2.05) is 6.07 Å². The summed E-state index contributed by atoms with van der Waals surface area (Å²) < 4.78 is 32.8. The van der Waals surface area contributed by atoms with E-state index >= 15 is 0 Å². The van der Waals surface area contributed by atoms with Crippen molar-refractivity contribution in [2.75, 3.05) is 0 Å². The lowest BCUT2D eigenvalue weighted by molar-refractivity contribution is -0.387. The van der Waals surface area contributed by atoms with E-state index in [1.54, 1.807) is 0 Å². The average molecular weight is 355 g/mol. The Morgan fingerprint density at radius 3 is 2.52 bits per heavy atom. The fraction of sp³-hybridized carbons (Fsp3) is 0. The van der Waals surface area contributed by atoms with Crippen LogP contribution in [0, 0.1) is 33.1 Å². The fourth-order valence-electron chi connectivity index (χ4n) is 1.55. The number of hydrogen-bond donors (Lipinski definition) is 0. The quantitative estimate of drug-likeness (QED) is 0.608. The largest absolute Gasteiger partial charge is 0.454 e. The Morgan fingerprint density at radius 1 is 1.19 bits per heavy atom. The Labute approximate surface area is 125 Å². The Hall–Kier alpha value is -2.53. The average Bonchev–Trinajstić information content (AvgIpc) is 2.41. The van der Waals surface area contributed by atoms with Crippen LogP contribution in [0.25, 0.3) is 0 Å². The van der Waals surface area contributed by atoms with Gasteiger partial charge in [-0.2, -0.15) is 9.65 Å². The van der Waals surface area contributed by atoms with Crippen LogP contribution in [-0.4, -0.2) is 4.92 Å². The minimum atomic E-state index is -1.22. The summed E-state index contributed by atoms with van der Waals surface area (Å²) in [6.07, 6.45) is 0. The molecule has 0 fully saturated rings. The lowest BCUT2D eigenvalue weighted by Crippen LogP contribution is -1.96. The number of nitro benzene ring substituents is 1. The number of rotatable bonds is 3. The van der Waals surface area contributed by atoms with Crippen molar-refractivity contribution in [1.82, 2.24) is 0 Å². The summed E-state index contributed by atoms with van der Waals surface area (Å²) >= 11 is 3.14. The number of nitriles is 1. The highest BCUT2D eigenvalue weighted by Gasteiger charge is 2.19. The Morgan fingerprint density at radius 2 is 1.90 bits per heavy atom. The smallest absolute Gasteiger partial charge is 0.307 e. The van der Waals surface area contributed by atoms with Crippen LogP contribution in [0.3, 0.4) is 0 Å². The van der Waals surface area contributed by atoms with E-state index in [4.69, 9.17) is 10.00 Å². The lowest BCUT2D eigenvalue weighted by Gasteiger charge is -2.08. The van der Waals surface area contributed by atoms with Crippen LogP contribution in [0.1, 0.15) is 5.56 Å². The molecular formula is C13H5BrF2N2O3. The molecule has 2 rings (SSSR count). The monoisotopic (exact) mass is 354 g/mol. The maximum Gasteiger partial charge on any atom is 0.307 e. The van der Waals surface area contributed by atoms with Gasteiger partial charge in [-0.25, -0.2) is 4.39 Å². The van der Waals surface area contributed by atoms with Crippen LogP contribution >= 0.6 is 15.9 Å². The molecule has 2 aromatic rings. The summed E-state index contributed by atoms with van der Waals surface area (Å²) in [7, 11) is 0. The van der Waals surface area contributed by atoms with E-state index in [9.17, 15) is 18.9 Å². The van der Waals surface area contributed by atoms with Crippen molar-refractivity contribution in [1.29, 1.82) is 5.26 Å². The van der Waals surface area contributed by atoms with Gasteiger partial charge in [-0.3, -0.25) is 10.1 Å². The summed E-state index contributed by atoms with van der Waals surface area (Å²) in [6, 6.07) is 7.18. The number of ether oxygens (including phenoxy) is 1. The molecular weight excluding hydrogens is 350 g/mol. The maximum absolute atomic E-state index is 13.7. The molecule has 0 atom stereocenters. The van der Waals surface area contributed by atoms with E-state index in [0.29, 0.717) is 16.6 Å². The van der Waals surface area contributed by atoms with Gasteiger partial charge >= 0.3 is 5.69 Å². The summed E-state index contributed by atoms with van der Waals surface area (Å²) in [6.45, 7) is 0. The highest BCUT2D eigenvalue weighted by Crippen LogP contribution is 2.31. The van der Waals surface area contributed by atoms with Gasteiger partial charge in [-0.1, -0.05) is 15.9 Å². The number of benzene rings is 2. The molecule has 0 spiro atoms. The van der Waals surface area contributed by atoms with Crippen molar-refractivity contribution >= 4 is 21.6 Å². The Kier molecular flexibility index (Phi) is 4.14. The SMILES string of the molecule is N#Cc1cc(Br)cc(Oc2cc(F)c([N+](=O)[O-])cc2F)c1. The van der Waals surface area contributed by atoms with Crippen molar-refractivity contribution in [3.05, 3.63) is 62.1 Å². The zero-order valence-corrected chi connectivity index (χ0v) is 11.7. The second-order valence-electron chi connectivity index (χ2n) is 3.88. The summed E-state index contributed by atoms with van der Waals surface area (Å²) in [5, 5.41) is 19.3. The van der Waals surface area contributed by atoms with Gasteiger partial charge in [-0.05, 0) is 18.2 Å². The normalized spacial score (nSPS) is 10.0. The Bertz CT molecular complexity index is 775. The molecule has 8 heteroatoms. The molecule has 0 N–H and O–H groups in total. The van der Waals surface area contributed by atoms with Gasteiger partial charge in [-0.15, -0.1) is 0 Å². The van der Waals surface area contributed by atoms with Crippen molar-refractivity contribution in [3.8, 4) is 17.6 Å². The van der Waals surface area contributed by atoms with Gasteiger partial charge in [0.2, 0.25) is 5.82 Å². The molecule has 0 amide bonds. The van der Waals surface area contributed by atoms with Gasteiger partial charge in [0, 0.05) is 10.5 Å². The van der Waals surface area contributed by atoms with E-state index in [2.05, 4.69) is 15.9 Å². The molecule has 0 heterocycles. The van der Waals surface area contributed by atoms with Crippen molar-refractivity contribution in [3.63, 3.8) is 0 Å². The number of nitro groups is 1. The molecule has 0 saturated carbocycles. The standard InChI is InChI=1S/C13H5BrF2N2O3/c14-8-1-7(6-17)2-9(3-8)21-13-5-10(15)12(18(19)20)4-11(13)16/h1-5H. The molecule has 0 unspecified atom stereocenters. The van der Waals surface area contributed by atoms with E-state index in [0.717, 1.165) is 0 Å². The zero-order chi connectivity index (χ0) is 15.6. The molecule has 0 aliphatic heterocycles. The van der Waals surface area contributed by atoms with Crippen LogP contribution < -0.4 is 4.74 Å². The molecule has 5 nitrogen and oxygen atoms in total. The van der Waals surface area contributed by atoms with Crippen LogP contribution in [0.15, 0.2) is 34.8 Å². The predicted octanol–water partition coefficient (Wildman–Crippen LogP) is 4.30. The summed E-state index contributed by atoms with van der Waals surface area (Å²) in [4.78, 5) is 9.45. The first-order chi connectivity index (χ1) is 9.90. The highest BCUT2D eigenvalue weighted by molar-refractivity contribution is 9.10. The summed E-state index contributed by atoms with van der Waals surface area (Å²) in [5.74, 6) is -2.72. The van der Waals surface area contributed by atoms with Crippen LogP contribution in [0.2, 0.25) is 0 Å². The summed E-state index contributed by atoms with van der Waals surface area (Å²) in [5.41, 5.74) is -0.728. The van der Waals surface area contributed by atoms with Gasteiger partial charge in [0.05, 0.1) is 22.6 Å². The van der Waals surface area contributed by atoms with Gasteiger partial charge in [0.25, 0.3) is 0 Å². The number of nitrogens with zero attached hydrogens (tertiary/aromatic N) is 2. The lowest BCUT2D eigenvalue weighted by atomic mass is 10.2. The third kappa shape index (κ3) is 3.32. The number of halogens is 3. The molecule has 0 bridgehead atoms. The molecule has 0 aliphatic rings. The first kappa shape index (κ1) is 14.9. The molecule has 0 saturated heterocycles.